The van der Waals surface area contributed by atoms with Crippen LogP contribution in [0.25, 0.3) is 0 Å². The first kappa shape index (κ1) is 8.45. The fraction of sp³-hybridized carbons (Fsp3) is 0.750. The molecule has 9 heavy (non-hydrogen) atoms. The molecule has 0 aromatic heterocycles. The normalized spacial score (nSPS) is 12.7. The van der Waals surface area contributed by atoms with Gasteiger partial charge in [0.1, 0.15) is 5.94 Å². The van der Waals surface area contributed by atoms with Crippen molar-refractivity contribution in [1.29, 1.82) is 0 Å². The largest absolute Gasteiger partial charge is 0.481 e. The molecule has 5 heteroatoms. The van der Waals surface area contributed by atoms with E-state index in [0.717, 1.165) is 0 Å². The highest BCUT2D eigenvalue weighted by Crippen LogP contribution is 1.78. The second-order valence-electron chi connectivity index (χ2n) is 1.48. The number of rotatable bonds is 4. The first-order valence-corrected chi connectivity index (χ1v) is 2.48. The molecular formula is C4H9BNO3. The fourth-order valence-corrected chi connectivity index (χ4v) is 0.386. The van der Waals surface area contributed by atoms with Crippen molar-refractivity contribution in [2.45, 2.75) is 5.94 Å². The molecule has 0 fully saturated rings. The van der Waals surface area contributed by atoms with E-state index in [0.29, 0.717) is 0 Å². The van der Waals surface area contributed by atoms with E-state index in [9.17, 15) is 4.79 Å². The molecule has 0 aromatic rings. The van der Waals surface area contributed by atoms with Gasteiger partial charge in [0.15, 0.2) is 0 Å². The number of aliphatic carboxylic acids is 1. The maximum absolute atomic E-state index is 10.1. The van der Waals surface area contributed by atoms with E-state index in [2.05, 4.69) is 9.97 Å². The molecule has 0 unspecified atom stereocenters. The Morgan fingerprint density at radius 1 is 1.89 bits per heavy atom. The number of carboxylic acids is 1. The molecule has 0 rings (SSSR count). The average Bonchev–Trinajstić information content (AvgIpc) is 1.82. The number of carboxylic acid groups (broad SMARTS) is 1. The smallest absolute Gasteiger partial charge is 0.322 e. The summed E-state index contributed by atoms with van der Waals surface area (Å²) in [5, 5.41) is 10.9. The monoisotopic (exact) mass is 130 g/mol. The molecule has 0 aliphatic heterocycles. The van der Waals surface area contributed by atoms with E-state index in [1.54, 1.807) is 7.05 Å². The second-order valence-corrected chi connectivity index (χ2v) is 1.48. The molecule has 0 saturated heterocycles. The second kappa shape index (κ2) is 4.35. The van der Waals surface area contributed by atoms with Gasteiger partial charge >= 0.3 is 13.5 Å². The zero-order valence-corrected chi connectivity index (χ0v) is 5.42. The third kappa shape index (κ3) is 3.10. The van der Waals surface area contributed by atoms with E-state index >= 15 is 0 Å². The Labute approximate surface area is 54.5 Å². The summed E-state index contributed by atoms with van der Waals surface area (Å²) < 4.78 is 4.49. The summed E-state index contributed by atoms with van der Waals surface area (Å²) in [4.78, 5) is 10.1. The SMILES string of the molecule is CN[C@@H]([B]OC)C(=O)O. The Morgan fingerprint density at radius 2 is 2.44 bits per heavy atom. The molecule has 4 nitrogen and oxygen atoms in total. The van der Waals surface area contributed by atoms with Crippen LogP contribution in [0, 0.1) is 0 Å². The lowest BCUT2D eigenvalue weighted by Crippen LogP contribution is -2.40. The van der Waals surface area contributed by atoms with Crippen molar-refractivity contribution < 1.29 is 14.6 Å². The van der Waals surface area contributed by atoms with Gasteiger partial charge in [0.05, 0.1) is 0 Å². The van der Waals surface area contributed by atoms with Crippen LogP contribution < -0.4 is 5.32 Å². The van der Waals surface area contributed by atoms with Crippen LogP contribution in [0.3, 0.4) is 0 Å². The summed E-state index contributed by atoms with van der Waals surface area (Å²) in [5.74, 6) is -1.66. The fourth-order valence-electron chi connectivity index (χ4n) is 0.386. The number of hydrogen-bond acceptors (Lipinski definition) is 3. The van der Waals surface area contributed by atoms with Crippen molar-refractivity contribution in [1.82, 2.24) is 5.32 Å². The van der Waals surface area contributed by atoms with Crippen molar-refractivity contribution in [2.75, 3.05) is 14.2 Å². The first-order valence-electron chi connectivity index (χ1n) is 2.48. The number of hydrogen-bond donors (Lipinski definition) is 2. The molecule has 1 atom stereocenters. The Kier molecular flexibility index (Phi) is 4.08. The standard InChI is InChI=1S/C4H9BNO3/c1-6-3(4(7)8)5-9-2/h3,6H,1-2H3,(H,7,8)/t3-/m1/s1. The number of nitrogens with one attached hydrogen (secondary N) is 1. The van der Waals surface area contributed by atoms with Crippen molar-refractivity contribution in [3.63, 3.8) is 0 Å². The molecule has 0 aromatic carbocycles. The van der Waals surface area contributed by atoms with Crippen molar-refractivity contribution >= 4 is 13.5 Å². The predicted molar refractivity (Wildman–Crippen MR) is 33.2 cm³/mol. The minimum atomic E-state index is -0.945. The van der Waals surface area contributed by atoms with Crippen molar-refractivity contribution in [2.24, 2.45) is 0 Å². The van der Waals surface area contributed by atoms with E-state index in [1.807, 2.05) is 0 Å². The Morgan fingerprint density at radius 3 is 2.56 bits per heavy atom. The highest BCUT2D eigenvalue weighted by atomic mass is 16.4. The number of likely N-dealkylation sites (N-methyl/N-ethyl adjacent to an activating group) is 1. The molecule has 0 amide bonds. The Balaban J connectivity index is 3.54. The molecule has 0 aliphatic carbocycles. The minimum absolute atomic E-state index is 0.713. The van der Waals surface area contributed by atoms with Crippen LogP contribution in [0.5, 0.6) is 0 Å². The third-order valence-electron chi connectivity index (χ3n) is 0.849. The molecule has 0 bridgehead atoms. The van der Waals surface area contributed by atoms with E-state index in [-0.39, 0.29) is 0 Å². The number of carbonyl (C=O) groups is 1. The first-order chi connectivity index (χ1) is 4.22. The van der Waals surface area contributed by atoms with Gasteiger partial charge < -0.3 is 15.1 Å². The summed E-state index contributed by atoms with van der Waals surface area (Å²) in [6, 6.07) is 0. The average molecular weight is 130 g/mol. The Hall–Kier alpha value is -0.545. The lowest BCUT2D eigenvalue weighted by atomic mass is 9.88. The summed E-state index contributed by atoms with van der Waals surface area (Å²) in [6.07, 6.45) is 0. The molecular weight excluding hydrogens is 121 g/mol. The molecule has 0 saturated carbocycles. The van der Waals surface area contributed by atoms with Crippen LogP contribution >= 0.6 is 0 Å². The van der Waals surface area contributed by atoms with E-state index in [1.165, 1.54) is 14.6 Å². The molecule has 51 valence electrons. The lowest BCUT2D eigenvalue weighted by Gasteiger charge is -2.05. The van der Waals surface area contributed by atoms with Crippen LogP contribution in [0.15, 0.2) is 0 Å². The van der Waals surface area contributed by atoms with Gasteiger partial charge in [-0.05, 0) is 7.05 Å². The third-order valence-corrected chi connectivity index (χ3v) is 0.849. The maximum Gasteiger partial charge on any atom is 0.322 e. The highest BCUT2D eigenvalue weighted by Gasteiger charge is 2.15. The van der Waals surface area contributed by atoms with Gasteiger partial charge in [-0.1, -0.05) is 0 Å². The maximum atomic E-state index is 10.1. The van der Waals surface area contributed by atoms with Crippen LogP contribution in [-0.2, 0) is 9.45 Å². The summed E-state index contributed by atoms with van der Waals surface area (Å²) in [6.45, 7) is 0. The quantitative estimate of drug-likeness (QED) is 0.473. The van der Waals surface area contributed by atoms with Gasteiger partial charge in [-0.3, -0.25) is 4.79 Å². The van der Waals surface area contributed by atoms with Crippen LogP contribution in [0.4, 0.5) is 0 Å². The van der Waals surface area contributed by atoms with Gasteiger partial charge in [-0.15, -0.1) is 0 Å². The molecule has 0 spiro atoms. The van der Waals surface area contributed by atoms with Crippen molar-refractivity contribution in [3.05, 3.63) is 0 Å². The van der Waals surface area contributed by atoms with E-state index in [4.69, 9.17) is 5.11 Å². The zero-order chi connectivity index (χ0) is 7.28. The molecule has 0 heterocycles. The summed E-state index contributed by atoms with van der Waals surface area (Å²) in [5.41, 5.74) is 0. The van der Waals surface area contributed by atoms with Crippen LogP contribution in [0.2, 0.25) is 0 Å². The zero-order valence-electron chi connectivity index (χ0n) is 5.42. The van der Waals surface area contributed by atoms with Gasteiger partial charge in [0, 0.05) is 7.11 Å². The molecule has 1 radical (unpaired) electrons. The van der Waals surface area contributed by atoms with Crippen LogP contribution in [-0.4, -0.2) is 38.7 Å². The Bertz CT molecular complexity index is 97.8. The van der Waals surface area contributed by atoms with Crippen molar-refractivity contribution in [3.8, 4) is 0 Å². The van der Waals surface area contributed by atoms with Crippen LogP contribution in [0.1, 0.15) is 0 Å². The molecule has 0 aliphatic rings. The molecule has 2 N–H and O–H groups in total. The predicted octanol–water partition coefficient (Wildman–Crippen LogP) is -1.12. The van der Waals surface area contributed by atoms with Gasteiger partial charge in [0.25, 0.3) is 0 Å². The van der Waals surface area contributed by atoms with Gasteiger partial charge in [-0.2, -0.15) is 0 Å². The van der Waals surface area contributed by atoms with Gasteiger partial charge in [0.2, 0.25) is 0 Å². The summed E-state index contributed by atoms with van der Waals surface area (Å²) in [7, 11) is 4.17. The summed E-state index contributed by atoms with van der Waals surface area (Å²) >= 11 is 0. The lowest BCUT2D eigenvalue weighted by molar-refractivity contribution is -0.137. The topological polar surface area (TPSA) is 58.6 Å². The van der Waals surface area contributed by atoms with E-state index < -0.39 is 11.9 Å². The van der Waals surface area contributed by atoms with Gasteiger partial charge in [-0.25, -0.2) is 0 Å². The minimum Gasteiger partial charge on any atom is -0.481 e. The highest BCUT2D eigenvalue weighted by molar-refractivity contribution is 6.36.